The maximum absolute atomic E-state index is 13.0. The monoisotopic (exact) mass is 524 g/mol. The van der Waals surface area contributed by atoms with Crippen LogP contribution in [0.5, 0.6) is 0 Å². The standard InChI is InChI=1S/C22H22Cl2N4O3S2/c1-14-4-6-15(7-5-14)21-26-27-22(32-21)25-20(29)16-3-2-10-28(12-16)33(30,31)13-17-8-9-18(23)11-19(17)24/h4-9,11,16H,2-3,10,12-13H2,1H3,(H,25,27,29)/t16-/m0/s1. The number of nitrogens with one attached hydrogen (secondary N) is 1. The van der Waals surface area contributed by atoms with Gasteiger partial charge in [0.15, 0.2) is 0 Å². The van der Waals surface area contributed by atoms with Crippen molar-refractivity contribution in [3.05, 3.63) is 63.6 Å². The van der Waals surface area contributed by atoms with Crippen molar-refractivity contribution in [2.75, 3.05) is 18.4 Å². The van der Waals surface area contributed by atoms with Crippen LogP contribution in [0.1, 0.15) is 24.0 Å². The zero-order chi connectivity index (χ0) is 23.6. The number of amides is 1. The minimum absolute atomic E-state index is 0.114. The van der Waals surface area contributed by atoms with Gasteiger partial charge >= 0.3 is 0 Å². The molecule has 1 aliphatic heterocycles. The second-order valence-electron chi connectivity index (χ2n) is 7.96. The van der Waals surface area contributed by atoms with Gasteiger partial charge in [-0.25, -0.2) is 12.7 Å². The van der Waals surface area contributed by atoms with Gasteiger partial charge in [-0.3, -0.25) is 4.79 Å². The maximum atomic E-state index is 13.0. The van der Waals surface area contributed by atoms with E-state index >= 15 is 0 Å². The lowest BCUT2D eigenvalue weighted by Crippen LogP contribution is -2.44. The van der Waals surface area contributed by atoms with Crippen molar-refractivity contribution in [1.82, 2.24) is 14.5 Å². The third-order valence-corrected chi connectivity index (χ3v) is 8.72. The van der Waals surface area contributed by atoms with Gasteiger partial charge in [-0.05, 0) is 37.5 Å². The summed E-state index contributed by atoms with van der Waals surface area (Å²) >= 11 is 13.3. The van der Waals surface area contributed by atoms with Gasteiger partial charge in [0.25, 0.3) is 0 Å². The number of carbonyl (C=O) groups excluding carboxylic acids is 1. The van der Waals surface area contributed by atoms with Crippen LogP contribution in [0.15, 0.2) is 42.5 Å². The molecule has 174 valence electrons. The van der Waals surface area contributed by atoms with Gasteiger partial charge in [0.2, 0.25) is 21.1 Å². The van der Waals surface area contributed by atoms with Crippen molar-refractivity contribution in [3.63, 3.8) is 0 Å². The molecule has 0 bridgehead atoms. The van der Waals surface area contributed by atoms with Crippen LogP contribution in [-0.4, -0.2) is 41.9 Å². The van der Waals surface area contributed by atoms with E-state index in [9.17, 15) is 13.2 Å². The molecule has 1 atom stereocenters. The zero-order valence-electron chi connectivity index (χ0n) is 17.8. The Bertz CT molecular complexity index is 1260. The summed E-state index contributed by atoms with van der Waals surface area (Å²) in [6, 6.07) is 12.6. The Labute approximate surface area is 206 Å². The summed E-state index contributed by atoms with van der Waals surface area (Å²) in [5.41, 5.74) is 2.55. The highest BCUT2D eigenvalue weighted by Gasteiger charge is 2.33. The molecule has 7 nitrogen and oxygen atoms in total. The van der Waals surface area contributed by atoms with Crippen molar-refractivity contribution in [3.8, 4) is 10.6 Å². The molecule has 1 fully saturated rings. The molecule has 0 radical (unpaired) electrons. The molecule has 1 aliphatic rings. The molecule has 3 aromatic rings. The van der Waals surface area contributed by atoms with Crippen molar-refractivity contribution in [1.29, 1.82) is 0 Å². The number of aromatic nitrogens is 2. The van der Waals surface area contributed by atoms with Gasteiger partial charge in [0.1, 0.15) is 5.01 Å². The first kappa shape index (κ1) is 24.1. The molecule has 4 rings (SSSR count). The Balaban J connectivity index is 1.40. The SMILES string of the molecule is Cc1ccc(-c2nnc(NC(=O)[C@H]3CCCN(S(=O)(=O)Cc4ccc(Cl)cc4Cl)C3)s2)cc1. The number of carbonyl (C=O) groups is 1. The average Bonchev–Trinajstić information content (AvgIpc) is 3.24. The van der Waals surface area contributed by atoms with E-state index < -0.39 is 15.9 Å². The van der Waals surface area contributed by atoms with Crippen LogP contribution in [0.2, 0.25) is 10.0 Å². The highest BCUT2D eigenvalue weighted by molar-refractivity contribution is 7.88. The minimum atomic E-state index is -3.65. The molecule has 1 saturated heterocycles. The van der Waals surface area contributed by atoms with Gasteiger partial charge in [0.05, 0.1) is 11.7 Å². The first-order valence-corrected chi connectivity index (χ1v) is 13.5. The number of nitrogens with zero attached hydrogens (tertiary/aromatic N) is 3. The molecule has 33 heavy (non-hydrogen) atoms. The van der Waals surface area contributed by atoms with E-state index in [1.165, 1.54) is 21.7 Å². The smallest absolute Gasteiger partial charge is 0.230 e. The molecule has 11 heteroatoms. The quantitative estimate of drug-likeness (QED) is 0.489. The molecular weight excluding hydrogens is 503 g/mol. The van der Waals surface area contributed by atoms with Crippen LogP contribution < -0.4 is 5.32 Å². The lowest BCUT2D eigenvalue weighted by molar-refractivity contribution is -0.120. The number of hydrogen-bond acceptors (Lipinski definition) is 6. The lowest BCUT2D eigenvalue weighted by atomic mass is 9.99. The largest absolute Gasteiger partial charge is 0.300 e. The molecular formula is C22H22Cl2N4O3S2. The Morgan fingerprint density at radius 1 is 1.18 bits per heavy atom. The summed E-state index contributed by atoms with van der Waals surface area (Å²) in [6.45, 7) is 2.49. The van der Waals surface area contributed by atoms with Crippen molar-refractivity contribution >= 4 is 55.6 Å². The molecule has 1 N–H and O–H groups in total. The number of benzene rings is 2. The van der Waals surface area contributed by atoms with E-state index in [1.54, 1.807) is 12.1 Å². The van der Waals surface area contributed by atoms with Crippen molar-refractivity contribution in [2.45, 2.75) is 25.5 Å². The molecule has 0 aliphatic carbocycles. The van der Waals surface area contributed by atoms with E-state index in [0.29, 0.717) is 45.1 Å². The third-order valence-electron chi connectivity index (χ3n) is 5.45. The van der Waals surface area contributed by atoms with E-state index in [1.807, 2.05) is 31.2 Å². The van der Waals surface area contributed by atoms with E-state index in [2.05, 4.69) is 15.5 Å². The van der Waals surface area contributed by atoms with Crippen LogP contribution in [0, 0.1) is 12.8 Å². The fourth-order valence-corrected chi connectivity index (χ4v) is 6.58. The highest BCUT2D eigenvalue weighted by Crippen LogP contribution is 2.29. The van der Waals surface area contributed by atoms with E-state index in [4.69, 9.17) is 23.2 Å². The average molecular weight is 525 g/mol. The van der Waals surface area contributed by atoms with Gasteiger partial charge in [-0.2, -0.15) is 0 Å². The van der Waals surface area contributed by atoms with Gasteiger partial charge in [-0.15, -0.1) is 10.2 Å². The predicted molar refractivity (Wildman–Crippen MR) is 132 cm³/mol. The summed E-state index contributed by atoms with van der Waals surface area (Å²) < 4.78 is 27.3. The summed E-state index contributed by atoms with van der Waals surface area (Å²) in [7, 11) is -3.65. The Morgan fingerprint density at radius 3 is 2.67 bits per heavy atom. The first-order chi connectivity index (χ1) is 15.7. The molecule has 0 unspecified atom stereocenters. The van der Waals surface area contributed by atoms with Crippen LogP contribution >= 0.6 is 34.5 Å². The number of halogens is 2. The van der Waals surface area contributed by atoms with Crippen LogP contribution in [0.25, 0.3) is 10.6 Å². The maximum Gasteiger partial charge on any atom is 0.230 e. The van der Waals surface area contributed by atoms with Gasteiger partial charge < -0.3 is 5.32 Å². The Morgan fingerprint density at radius 2 is 1.94 bits per heavy atom. The molecule has 0 saturated carbocycles. The molecule has 2 aromatic carbocycles. The van der Waals surface area contributed by atoms with Crippen LogP contribution in [0.4, 0.5) is 5.13 Å². The second kappa shape index (κ2) is 10.1. The van der Waals surface area contributed by atoms with Crippen molar-refractivity contribution in [2.24, 2.45) is 5.92 Å². The molecule has 1 amide bonds. The van der Waals surface area contributed by atoms with E-state index in [-0.39, 0.29) is 18.2 Å². The fourth-order valence-electron chi connectivity index (χ4n) is 3.63. The van der Waals surface area contributed by atoms with Crippen LogP contribution in [0.3, 0.4) is 0 Å². The summed E-state index contributed by atoms with van der Waals surface area (Å²) in [4.78, 5) is 12.9. The normalized spacial score (nSPS) is 17.1. The third kappa shape index (κ3) is 5.91. The van der Waals surface area contributed by atoms with Gasteiger partial charge in [-0.1, -0.05) is 70.4 Å². The summed E-state index contributed by atoms with van der Waals surface area (Å²) in [5, 5.41) is 12.9. The van der Waals surface area contributed by atoms with E-state index in [0.717, 1.165) is 11.1 Å². The number of piperidine rings is 1. The number of rotatable bonds is 6. The van der Waals surface area contributed by atoms with Crippen molar-refractivity contribution < 1.29 is 13.2 Å². The topological polar surface area (TPSA) is 92.3 Å². The Hall–Kier alpha value is -2.04. The number of sulfonamides is 1. The predicted octanol–water partition coefficient (Wildman–Crippen LogP) is 5.00. The Kier molecular flexibility index (Phi) is 7.35. The van der Waals surface area contributed by atoms with Crippen LogP contribution in [-0.2, 0) is 20.6 Å². The van der Waals surface area contributed by atoms with Gasteiger partial charge in [0, 0.05) is 28.7 Å². The summed E-state index contributed by atoms with van der Waals surface area (Å²) in [5.74, 6) is -0.972. The molecule has 0 spiro atoms. The highest BCUT2D eigenvalue weighted by atomic mass is 35.5. The number of hydrogen-bond donors (Lipinski definition) is 1. The molecule has 1 aromatic heterocycles. The first-order valence-electron chi connectivity index (χ1n) is 10.3. The summed E-state index contributed by atoms with van der Waals surface area (Å²) in [6.07, 6.45) is 1.19. The number of aryl methyl sites for hydroxylation is 1. The zero-order valence-corrected chi connectivity index (χ0v) is 20.9. The lowest BCUT2D eigenvalue weighted by Gasteiger charge is -2.31. The number of anilines is 1. The fraction of sp³-hybridized carbons (Fsp3) is 0.318. The second-order valence-corrected chi connectivity index (χ2v) is 11.7. The minimum Gasteiger partial charge on any atom is -0.300 e. The molecule has 2 heterocycles.